The highest BCUT2D eigenvalue weighted by molar-refractivity contribution is 6.33. The van der Waals surface area contributed by atoms with Crippen LogP contribution in [0.4, 0.5) is 5.69 Å². The van der Waals surface area contributed by atoms with Crippen LogP contribution in [0.2, 0.25) is 5.02 Å². The fourth-order valence-electron chi connectivity index (χ4n) is 2.17. The zero-order valence-electron chi connectivity index (χ0n) is 10.6. The Labute approximate surface area is 111 Å². The third kappa shape index (κ3) is 2.14. The number of aryl methyl sites for hydroxylation is 3. The number of nitrogens with two attached hydrogens (primary N) is 1. The Morgan fingerprint density at radius 2 is 1.61 bits per heavy atom. The molecule has 0 saturated heterocycles. The van der Waals surface area contributed by atoms with E-state index in [4.69, 9.17) is 17.3 Å². The average Bonchev–Trinajstić information content (AvgIpc) is 2.24. The van der Waals surface area contributed by atoms with Crippen LogP contribution in [0.5, 0.6) is 0 Å². The Balaban J connectivity index is 2.77. The van der Waals surface area contributed by atoms with Gasteiger partial charge in [0.25, 0.3) is 0 Å². The minimum absolute atomic E-state index is 0.0143. The molecule has 2 N–H and O–H groups in total. The number of hydrogen-bond donors (Lipinski definition) is 1. The topological polar surface area (TPSA) is 48.0 Å². The number of hydrogen-bond acceptors (Lipinski definition) is 2. The highest BCUT2D eigenvalue weighted by Crippen LogP contribution is 2.27. The smallest absolute Gasteiger partial charge is 0.182 e. The summed E-state index contributed by atoms with van der Waals surface area (Å²) in [4.78, 5) is 11.4. The molecule has 1 aromatic carbocycles. The van der Waals surface area contributed by atoms with Crippen molar-refractivity contribution in [3.05, 3.63) is 56.5 Å². The Hall–Kier alpha value is -1.74. The van der Waals surface area contributed by atoms with Crippen LogP contribution in [0.25, 0.3) is 5.69 Å². The van der Waals surface area contributed by atoms with Gasteiger partial charge in [-0.1, -0.05) is 11.6 Å². The van der Waals surface area contributed by atoms with E-state index < -0.39 is 0 Å². The monoisotopic (exact) mass is 262 g/mol. The highest BCUT2D eigenvalue weighted by atomic mass is 35.5. The van der Waals surface area contributed by atoms with Crippen LogP contribution in [-0.4, -0.2) is 4.57 Å². The first-order valence-electron chi connectivity index (χ1n) is 5.66. The van der Waals surface area contributed by atoms with Crippen LogP contribution in [-0.2, 0) is 0 Å². The van der Waals surface area contributed by atoms with Gasteiger partial charge in [0, 0.05) is 23.5 Å². The van der Waals surface area contributed by atoms with E-state index in [2.05, 4.69) is 0 Å². The molecular weight excluding hydrogens is 248 g/mol. The summed E-state index contributed by atoms with van der Waals surface area (Å²) in [6.07, 6.45) is 0. The second-order valence-electron chi connectivity index (χ2n) is 4.47. The van der Waals surface area contributed by atoms with E-state index in [1.54, 1.807) is 12.1 Å². The van der Waals surface area contributed by atoms with Gasteiger partial charge >= 0.3 is 0 Å². The second-order valence-corrected chi connectivity index (χ2v) is 4.88. The molecule has 0 saturated carbocycles. The van der Waals surface area contributed by atoms with E-state index in [9.17, 15) is 4.79 Å². The normalized spacial score (nSPS) is 10.7. The molecule has 0 fully saturated rings. The first-order chi connectivity index (χ1) is 8.40. The summed E-state index contributed by atoms with van der Waals surface area (Å²) in [5.74, 6) is 0. The van der Waals surface area contributed by atoms with Crippen LogP contribution in [0.15, 0.2) is 29.1 Å². The van der Waals surface area contributed by atoms with Crippen LogP contribution in [0.3, 0.4) is 0 Å². The second kappa shape index (κ2) is 4.50. The van der Waals surface area contributed by atoms with Crippen molar-refractivity contribution in [2.24, 2.45) is 0 Å². The summed E-state index contributed by atoms with van der Waals surface area (Å²) in [6.45, 7) is 5.77. The largest absolute Gasteiger partial charge is 0.398 e. The Morgan fingerprint density at radius 1 is 1.06 bits per heavy atom. The molecule has 0 unspecified atom stereocenters. The summed E-state index contributed by atoms with van der Waals surface area (Å²) in [6, 6.07) is 6.89. The standard InChI is InChI=1S/C14H15ClN2O/c1-8-4-13(16)12(15)7-14(8)17-9(2)5-11(18)6-10(17)3/h4-7H,16H2,1-3H3. The number of nitrogen functional groups attached to an aromatic ring is 1. The number of halogens is 1. The maximum atomic E-state index is 11.4. The zero-order valence-corrected chi connectivity index (χ0v) is 11.4. The van der Waals surface area contributed by atoms with Crippen molar-refractivity contribution in [3.8, 4) is 5.69 Å². The third-order valence-electron chi connectivity index (χ3n) is 2.96. The first kappa shape index (κ1) is 12.7. The van der Waals surface area contributed by atoms with Gasteiger partial charge in [-0.2, -0.15) is 0 Å². The molecule has 4 heteroatoms. The molecule has 0 bridgehead atoms. The van der Waals surface area contributed by atoms with E-state index in [1.165, 1.54) is 0 Å². The Morgan fingerprint density at radius 3 is 2.17 bits per heavy atom. The van der Waals surface area contributed by atoms with Crippen molar-refractivity contribution in [3.63, 3.8) is 0 Å². The van der Waals surface area contributed by atoms with Crippen LogP contribution in [0, 0.1) is 20.8 Å². The van der Waals surface area contributed by atoms with E-state index in [1.807, 2.05) is 37.5 Å². The summed E-state index contributed by atoms with van der Waals surface area (Å²) in [7, 11) is 0. The lowest BCUT2D eigenvalue weighted by Crippen LogP contribution is -2.12. The van der Waals surface area contributed by atoms with Crippen LogP contribution < -0.4 is 11.2 Å². The van der Waals surface area contributed by atoms with Gasteiger partial charge in [-0.15, -0.1) is 0 Å². The minimum Gasteiger partial charge on any atom is -0.398 e. The van der Waals surface area contributed by atoms with E-state index >= 15 is 0 Å². The molecular formula is C14H15ClN2O. The molecule has 0 amide bonds. The van der Waals surface area contributed by atoms with Gasteiger partial charge in [-0.25, -0.2) is 0 Å². The lowest BCUT2D eigenvalue weighted by atomic mass is 10.1. The number of benzene rings is 1. The van der Waals surface area contributed by atoms with Gasteiger partial charge in [-0.05, 0) is 38.5 Å². The number of nitrogens with zero attached hydrogens (tertiary/aromatic N) is 1. The molecule has 0 spiro atoms. The lowest BCUT2D eigenvalue weighted by Gasteiger charge is -2.17. The fourth-order valence-corrected chi connectivity index (χ4v) is 2.33. The van der Waals surface area contributed by atoms with Gasteiger partial charge in [-0.3, -0.25) is 4.79 Å². The molecule has 1 heterocycles. The average molecular weight is 263 g/mol. The molecule has 0 radical (unpaired) electrons. The van der Waals surface area contributed by atoms with E-state index in [-0.39, 0.29) is 5.43 Å². The zero-order chi connectivity index (χ0) is 13.4. The van der Waals surface area contributed by atoms with Crippen LogP contribution in [0.1, 0.15) is 17.0 Å². The molecule has 0 aliphatic heterocycles. The summed E-state index contributed by atoms with van der Waals surface area (Å²) in [5, 5.41) is 0.521. The molecule has 18 heavy (non-hydrogen) atoms. The van der Waals surface area contributed by atoms with Crippen molar-refractivity contribution < 1.29 is 0 Å². The van der Waals surface area contributed by atoms with Crippen molar-refractivity contribution in [2.75, 3.05) is 5.73 Å². The predicted molar refractivity (Wildman–Crippen MR) is 75.7 cm³/mol. The Bertz CT molecular complexity index is 648. The maximum Gasteiger partial charge on any atom is 0.182 e. The number of anilines is 1. The van der Waals surface area contributed by atoms with Gasteiger partial charge in [0.05, 0.1) is 16.4 Å². The molecule has 2 rings (SSSR count). The highest BCUT2D eigenvalue weighted by Gasteiger charge is 2.09. The summed E-state index contributed by atoms with van der Waals surface area (Å²) >= 11 is 6.07. The number of pyridine rings is 1. The SMILES string of the molecule is Cc1cc(N)c(Cl)cc1-n1c(C)cc(=O)cc1C. The molecule has 0 aliphatic rings. The van der Waals surface area contributed by atoms with Gasteiger partial charge in [0.1, 0.15) is 0 Å². The van der Waals surface area contributed by atoms with Crippen molar-refractivity contribution in [2.45, 2.75) is 20.8 Å². The van der Waals surface area contributed by atoms with Crippen molar-refractivity contribution in [1.29, 1.82) is 0 Å². The maximum absolute atomic E-state index is 11.4. The molecule has 0 aliphatic carbocycles. The predicted octanol–water partition coefficient (Wildman–Crippen LogP) is 3.00. The molecule has 94 valence electrons. The van der Waals surface area contributed by atoms with Crippen LogP contribution >= 0.6 is 11.6 Å². The fraction of sp³-hybridized carbons (Fsp3) is 0.214. The van der Waals surface area contributed by atoms with Crippen molar-refractivity contribution >= 4 is 17.3 Å². The lowest BCUT2D eigenvalue weighted by molar-refractivity contribution is 0.914. The molecule has 3 nitrogen and oxygen atoms in total. The van der Waals surface area contributed by atoms with Gasteiger partial charge in [0.2, 0.25) is 0 Å². The third-order valence-corrected chi connectivity index (χ3v) is 3.29. The molecule has 1 aromatic heterocycles. The number of aromatic nitrogens is 1. The first-order valence-corrected chi connectivity index (χ1v) is 6.04. The van der Waals surface area contributed by atoms with Gasteiger partial charge < -0.3 is 10.3 Å². The quantitative estimate of drug-likeness (QED) is 0.803. The molecule has 2 aromatic rings. The minimum atomic E-state index is 0.0143. The summed E-state index contributed by atoms with van der Waals surface area (Å²) < 4.78 is 2.00. The molecule has 0 atom stereocenters. The van der Waals surface area contributed by atoms with Gasteiger partial charge in [0.15, 0.2) is 5.43 Å². The van der Waals surface area contributed by atoms with E-state index in [0.717, 1.165) is 22.6 Å². The van der Waals surface area contributed by atoms with E-state index in [0.29, 0.717) is 10.7 Å². The Kier molecular flexibility index (Phi) is 3.18. The van der Waals surface area contributed by atoms with Crippen molar-refractivity contribution in [1.82, 2.24) is 4.57 Å². The number of rotatable bonds is 1. The summed E-state index contributed by atoms with van der Waals surface area (Å²) in [5.41, 5.74) is 10.1.